The van der Waals surface area contributed by atoms with Gasteiger partial charge in [-0.15, -0.1) is 0 Å². The molecule has 1 aliphatic heterocycles. The Hall–Kier alpha value is -0.910. The molecule has 0 radical (unpaired) electrons. The van der Waals surface area contributed by atoms with E-state index in [2.05, 4.69) is 17.1 Å². The highest BCUT2D eigenvalue weighted by Gasteiger charge is 2.17. The van der Waals surface area contributed by atoms with E-state index in [0.717, 1.165) is 18.7 Å². The standard InChI is InChI=1S/C15H24N2O2S/c1-3-17-10-8-14(9-11-17)16-12-13-4-6-15(7-5-13)20(2,18)19/h4-7,14,16H,3,8-12H2,1-2H3. The van der Waals surface area contributed by atoms with Crippen LogP contribution in [0.2, 0.25) is 0 Å². The van der Waals surface area contributed by atoms with Gasteiger partial charge in [-0.2, -0.15) is 0 Å². The van der Waals surface area contributed by atoms with Crippen molar-refractivity contribution in [2.24, 2.45) is 0 Å². The quantitative estimate of drug-likeness (QED) is 0.898. The Kier molecular flexibility index (Phi) is 5.18. The summed E-state index contributed by atoms with van der Waals surface area (Å²) >= 11 is 0. The lowest BCUT2D eigenvalue weighted by molar-refractivity contribution is 0.206. The summed E-state index contributed by atoms with van der Waals surface area (Å²) in [6, 6.07) is 7.74. The van der Waals surface area contributed by atoms with Crippen LogP contribution < -0.4 is 5.32 Å². The summed E-state index contributed by atoms with van der Waals surface area (Å²) in [5.74, 6) is 0. The second-order valence-corrected chi connectivity index (χ2v) is 7.52. The number of piperidine rings is 1. The number of hydrogen-bond acceptors (Lipinski definition) is 4. The summed E-state index contributed by atoms with van der Waals surface area (Å²) in [5.41, 5.74) is 1.13. The van der Waals surface area contributed by atoms with Crippen LogP contribution in [0.4, 0.5) is 0 Å². The first-order chi connectivity index (χ1) is 9.49. The molecule has 4 nitrogen and oxygen atoms in total. The average molecular weight is 296 g/mol. The maximum atomic E-state index is 11.4. The summed E-state index contributed by atoms with van der Waals surface area (Å²) in [6.45, 7) is 6.49. The summed E-state index contributed by atoms with van der Waals surface area (Å²) in [5, 5.41) is 3.56. The average Bonchev–Trinajstić information content (AvgIpc) is 2.45. The third-order valence-electron chi connectivity index (χ3n) is 3.98. The molecule has 0 spiro atoms. The zero-order valence-electron chi connectivity index (χ0n) is 12.3. The molecular formula is C15H24N2O2S. The van der Waals surface area contributed by atoms with E-state index < -0.39 is 9.84 Å². The number of benzene rings is 1. The maximum Gasteiger partial charge on any atom is 0.175 e. The Labute approximate surface area is 122 Å². The SMILES string of the molecule is CCN1CCC(NCc2ccc(S(C)(=O)=O)cc2)CC1. The molecule has 0 aliphatic carbocycles. The molecule has 1 heterocycles. The zero-order valence-corrected chi connectivity index (χ0v) is 13.1. The second-order valence-electron chi connectivity index (χ2n) is 5.51. The molecule has 1 aliphatic rings. The van der Waals surface area contributed by atoms with Gasteiger partial charge in [0.05, 0.1) is 4.90 Å². The molecule has 1 fully saturated rings. The second kappa shape index (κ2) is 6.70. The normalized spacial score (nSPS) is 18.3. The number of sulfone groups is 1. The van der Waals surface area contributed by atoms with E-state index in [1.807, 2.05) is 12.1 Å². The van der Waals surface area contributed by atoms with Crippen LogP contribution >= 0.6 is 0 Å². The lowest BCUT2D eigenvalue weighted by Gasteiger charge is -2.31. The first kappa shape index (κ1) is 15.5. The van der Waals surface area contributed by atoms with E-state index in [0.29, 0.717) is 10.9 Å². The molecule has 1 aromatic carbocycles. The third-order valence-corrected chi connectivity index (χ3v) is 5.11. The highest BCUT2D eigenvalue weighted by molar-refractivity contribution is 7.90. The summed E-state index contributed by atoms with van der Waals surface area (Å²) < 4.78 is 22.8. The highest BCUT2D eigenvalue weighted by Crippen LogP contribution is 2.13. The van der Waals surface area contributed by atoms with Crippen molar-refractivity contribution in [1.29, 1.82) is 0 Å². The van der Waals surface area contributed by atoms with Crippen LogP contribution in [-0.2, 0) is 16.4 Å². The van der Waals surface area contributed by atoms with Crippen molar-refractivity contribution in [3.63, 3.8) is 0 Å². The van der Waals surface area contributed by atoms with Gasteiger partial charge in [-0.25, -0.2) is 8.42 Å². The van der Waals surface area contributed by atoms with Crippen molar-refractivity contribution >= 4 is 9.84 Å². The molecule has 0 aromatic heterocycles. The maximum absolute atomic E-state index is 11.4. The Morgan fingerprint density at radius 2 is 1.80 bits per heavy atom. The van der Waals surface area contributed by atoms with Crippen molar-refractivity contribution in [2.45, 2.75) is 37.2 Å². The van der Waals surface area contributed by atoms with Crippen LogP contribution in [-0.4, -0.2) is 45.2 Å². The van der Waals surface area contributed by atoms with Crippen LogP contribution in [0, 0.1) is 0 Å². The summed E-state index contributed by atoms with van der Waals surface area (Å²) in [4.78, 5) is 2.86. The fourth-order valence-corrected chi connectivity index (χ4v) is 3.20. The van der Waals surface area contributed by atoms with Gasteiger partial charge >= 0.3 is 0 Å². The van der Waals surface area contributed by atoms with Gasteiger partial charge in [-0.1, -0.05) is 19.1 Å². The van der Waals surface area contributed by atoms with Gasteiger partial charge in [0, 0.05) is 18.8 Å². The van der Waals surface area contributed by atoms with E-state index in [4.69, 9.17) is 0 Å². The van der Waals surface area contributed by atoms with E-state index in [-0.39, 0.29) is 0 Å². The number of likely N-dealkylation sites (tertiary alicyclic amines) is 1. The minimum absolute atomic E-state index is 0.387. The first-order valence-electron chi connectivity index (χ1n) is 7.24. The van der Waals surface area contributed by atoms with E-state index in [1.54, 1.807) is 12.1 Å². The van der Waals surface area contributed by atoms with Crippen molar-refractivity contribution in [3.05, 3.63) is 29.8 Å². The molecule has 0 amide bonds. The minimum atomic E-state index is -3.09. The molecular weight excluding hydrogens is 272 g/mol. The predicted octanol–water partition coefficient (Wildman–Crippen LogP) is 1.66. The molecule has 1 N–H and O–H groups in total. The summed E-state index contributed by atoms with van der Waals surface area (Å²) in [6.07, 6.45) is 3.62. The molecule has 5 heteroatoms. The van der Waals surface area contributed by atoms with Crippen molar-refractivity contribution in [3.8, 4) is 0 Å². The molecule has 2 rings (SSSR count). The largest absolute Gasteiger partial charge is 0.310 e. The van der Waals surface area contributed by atoms with Crippen molar-refractivity contribution < 1.29 is 8.42 Å². The van der Waals surface area contributed by atoms with Gasteiger partial charge in [0.25, 0.3) is 0 Å². The molecule has 112 valence electrons. The Balaban J connectivity index is 1.83. The number of nitrogens with one attached hydrogen (secondary N) is 1. The molecule has 0 saturated carbocycles. The predicted molar refractivity (Wildman–Crippen MR) is 81.5 cm³/mol. The van der Waals surface area contributed by atoms with E-state index in [1.165, 1.54) is 32.2 Å². The van der Waals surface area contributed by atoms with Crippen LogP contribution in [0.15, 0.2) is 29.2 Å². The van der Waals surface area contributed by atoms with Crippen molar-refractivity contribution in [2.75, 3.05) is 25.9 Å². The lowest BCUT2D eigenvalue weighted by Crippen LogP contribution is -2.42. The van der Waals surface area contributed by atoms with Gasteiger partial charge < -0.3 is 10.2 Å². The Morgan fingerprint density at radius 1 is 1.20 bits per heavy atom. The Bertz CT molecular complexity index is 517. The summed E-state index contributed by atoms with van der Waals surface area (Å²) in [7, 11) is -3.09. The fraction of sp³-hybridized carbons (Fsp3) is 0.600. The minimum Gasteiger partial charge on any atom is -0.310 e. The van der Waals surface area contributed by atoms with Gasteiger partial charge in [0.15, 0.2) is 9.84 Å². The molecule has 20 heavy (non-hydrogen) atoms. The van der Waals surface area contributed by atoms with Crippen LogP contribution in [0.3, 0.4) is 0 Å². The Morgan fingerprint density at radius 3 is 2.30 bits per heavy atom. The van der Waals surface area contributed by atoms with Gasteiger partial charge in [-0.3, -0.25) is 0 Å². The van der Waals surface area contributed by atoms with Crippen LogP contribution in [0.25, 0.3) is 0 Å². The number of hydrogen-bond donors (Lipinski definition) is 1. The van der Waals surface area contributed by atoms with E-state index >= 15 is 0 Å². The molecule has 0 bridgehead atoms. The fourth-order valence-electron chi connectivity index (χ4n) is 2.57. The molecule has 1 aromatic rings. The van der Waals surface area contributed by atoms with Gasteiger partial charge in [-0.05, 0) is 50.2 Å². The third kappa shape index (κ3) is 4.30. The van der Waals surface area contributed by atoms with Gasteiger partial charge in [0.2, 0.25) is 0 Å². The first-order valence-corrected chi connectivity index (χ1v) is 9.13. The van der Waals surface area contributed by atoms with Crippen molar-refractivity contribution in [1.82, 2.24) is 10.2 Å². The van der Waals surface area contributed by atoms with E-state index in [9.17, 15) is 8.42 Å². The monoisotopic (exact) mass is 296 g/mol. The van der Waals surface area contributed by atoms with Crippen LogP contribution in [0.5, 0.6) is 0 Å². The number of nitrogens with zero attached hydrogens (tertiary/aromatic N) is 1. The topological polar surface area (TPSA) is 49.4 Å². The zero-order chi connectivity index (χ0) is 14.6. The van der Waals surface area contributed by atoms with Gasteiger partial charge in [0.1, 0.15) is 0 Å². The molecule has 0 atom stereocenters. The highest BCUT2D eigenvalue weighted by atomic mass is 32.2. The molecule has 0 unspecified atom stereocenters. The lowest BCUT2D eigenvalue weighted by atomic mass is 10.0. The smallest absolute Gasteiger partial charge is 0.175 e. The molecule has 1 saturated heterocycles. The van der Waals surface area contributed by atoms with Crippen LogP contribution in [0.1, 0.15) is 25.3 Å². The number of rotatable bonds is 5.